The first-order chi connectivity index (χ1) is 6.81. The van der Waals surface area contributed by atoms with Crippen LogP contribution in [0.4, 0.5) is 5.82 Å². The number of rotatable bonds is 1. The number of fused-ring (bicyclic) bond motifs is 1. The van der Waals surface area contributed by atoms with Gasteiger partial charge >= 0.3 is 0 Å². The summed E-state index contributed by atoms with van der Waals surface area (Å²) in [5, 5.41) is 1.05. The van der Waals surface area contributed by atoms with E-state index in [0.717, 1.165) is 16.5 Å². The molecule has 1 heterocycles. The van der Waals surface area contributed by atoms with Gasteiger partial charge in [0.2, 0.25) is 6.08 Å². The minimum atomic E-state index is 0.404. The van der Waals surface area contributed by atoms with Crippen molar-refractivity contribution in [3.05, 3.63) is 35.9 Å². The van der Waals surface area contributed by atoms with Crippen LogP contribution in [-0.2, 0) is 4.79 Å². The molecule has 0 saturated heterocycles. The fourth-order valence-electron chi connectivity index (χ4n) is 1.39. The van der Waals surface area contributed by atoms with Gasteiger partial charge in [0.05, 0.1) is 5.52 Å². The molecule has 14 heavy (non-hydrogen) atoms. The van der Waals surface area contributed by atoms with Crippen LogP contribution in [0.25, 0.3) is 10.9 Å². The van der Waals surface area contributed by atoms with Crippen molar-refractivity contribution < 1.29 is 4.79 Å². The summed E-state index contributed by atoms with van der Waals surface area (Å²) in [7, 11) is 0. The summed E-state index contributed by atoms with van der Waals surface area (Å²) in [6, 6.07) is 9.52. The molecule has 0 N–H and O–H groups in total. The average Bonchev–Trinajstić information content (AvgIpc) is 2.20. The summed E-state index contributed by atoms with van der Waals surface area (Å²) in [6.45, 7) is 1.98. The third-order valence-corrected chi connectivity index (χ3v) is 2.07. The van der Waals surface area contributed by atoms with E-state index in [2.05, 4.69) is 9.98 Å². The number of para-hydroxylation sites is 1. The second-order valence-electron chi connectivity index (χ2n) is 3.02. The van der Waals surface area contributed by atoms with E-state index in [-0.39, 0.29) is 0 Å². The molecular weight excluding hydrogens is 176 g/mol. The third kappa shape index (κ3) is 1.41. The maximum Gasteiger partial charge on any atom is 0.242 e. The number of isocyanates is 1. The normalized spacial score (nSPS) is 9.79. The highest BCUT2D eigenvalue weighted by atomic mass is 16.1. The van der Waals surface area contributed by atoms with Gasteiger partial charge in [-0.1, -0.05) is 18.2 Å². The summed E-state index contributed by atoms with van der Waals surface area (Å²) in [5.74, 6) is 0.404. The van der Waals surface area contributed by atoms with E-state index in [1.165, 1.54) is 6.08 Å². The Morgan fingerprint density at radius 2 is 2.14 bits per heavy atom. The van der Waals surface area contributed by atoms with Crippen LogP contribution in [0.3, 0.4) is 0 Å². The van der Waals surface area contributed by atoms with Crippen LogP contribution in [-0.4, -0.2) is 11.1 Å². The molecule has 3 nitrogen and oxygen atoms in total. The Morgan fingerprint density at radius 1 is 1.29 bits per heavy atom. The number of aliphatic imine (C=N–C) groups is 1. The van der Waals surface area contributed by atoms with Gasteiger partial charge in [-0.05, 0) is 24.6 Å². The predicted octanol–water partition coefficient (Wildman–Crippen LogP) is 2.51. The molecule has 0 aliphatic heterocycles. The quantitative estimate of drug-likeness (QED) is 0.504. The monoisotopic (exact) mass is 184 g/mol. The Balaban J connectivity index is 2.75. The lowest BCUT2D eigenvalue weighted by molar-refractivity contribution is 0.565. The molecule has 0 aliphatic rings. The molecule has 2 rings (SSSR count). The van der Waals surface area contributed by atoms with Crippen LogP contribution in [0.5, 0.6) is 0 Å². The van der Waals surface area contributed by atoms with Crippen LogP contribution in [0, 0.1) is 6.92 Å². The number of pyridine rings is 1. The fraction of sp³-hybridized carbons (Fsp3) is 0.0909. The lowest BCUT2D eigenvalue weighted by Gasteiger charge is -2.00. The highest BCUT2D eigenvalue weighted by Gasteiger charge is 1.99. The van der Waals surface area contributed by atoms with Crippen molar-refractivity contribution in [2.75, 3.05) is 0 Å². The van der Waals surface area contributed by atoms with Gasteiger partial charge in [0.15, 0.2) is 5.82 Å². The average molecular weight is 184 g/mol. The molecular formula is C11H8N2O. The molecule has 0 fully saturated rings. The van der Waals surface area contributed by atoms with Crippen molar-refractivity contribution in [3.63, 3.8) is 0 Å². The van der Waals surface area contributed by atoms with Gasteiger partial charge in [-0.2, -0.15) is 0 Å². The first-order valence-electron chi connectivity index (χ1n) is 4.25. The minimum absolute atomic E-state index is 0.404. The molecule has 0 bridgehead atoms. The number of nitrogens with zero attached hydrogens (tertiary/aromatic N) is 2. The van der Waals surface area contributed by atoms with Crippen LogP contribution in [0.15, 0.2) is 35.3 Å². The number of benzene rings is 1. The van der Waals surface area contributed by atoms with E-state index >= 15 is 0 Å². The maximum atomic E-state index is 10.1. The molecule has 1 aromatic heterocycles. The van der Waals surface area contributed by atoms with Crippen molar-refractivity contribution >= 4 is 22.8 Å². The largest absolute Gasteiger partial charge is 0.242 e. The Bertz CT molecular complexity index is 528. The molecule has 68 valence electrons. The fourth-order valence-corrected chi connectivity index (χ4v) is 1.39. The highest BCUT2D eigenvalue weighted by molar-refractivity contribution is 5.82. The van der Waals surface area contributed by atoms with Gasteiger partial charge < -0.3 is 0 Å². The van der Waals surface area contributed by atoms with Crippen molar-refractivity contribution in [1.29, 1.82) is 0 Å². The van der Waals surface area contributed by atoms with E-state index < -0.39 is 0 Å². The van der Waals surface area contributed by atoms with Crippen molar-refractivity contribution in [3.8, 4) is 0 Å². The Kier molecular flexibility index (Phi) is 2.09. The highest BCUT2D eigenvalue weighted by Crippen LogP contribution is 2.19. The molecule has 0 radical (unpaired) electrons. The van der Waals surface area contributed by atoms with Crippen molar-refractivity contribution in [1.82, 2.24) is 4.98 Å². The lowest BCUT2D eigenvalue weighted by atomic mass is 10.1. The lowest BCUT2D eigenvalue weighted by Crippen LogP contribution is -1.82. The SMILES string of the molecule is Cc1cccc2ccc(N=C=O)nc12. The van der Waals surface area contributed by atoms with E-state index in [9.17, 15) is 4.79 Å². The zero-order valence-electron chi connectivity index (χ0n) is 7.69. The van der Waals surface area contributed by atoms with E-state index in [1.807, 2.05) is 31.2 Å². The Morgan fingerprint density at radius 3 is 2.93 bits per heavy atom. The smallest absolute Gasteiger partial charge is 0.228 e. The van der Waals surface area contributed by atoms with E-state index in [0.29, 0.717) is 5.82 Å². The van der Waals surface area contributed by atoms with Gasteiger partial charge in [-0.25, -0.2) is 9.78 Å². The topological polar surface area (TPSA) is 42.3 Å². The number of aryl methyl sites for hydroxylation is 1. The van der Waals surface area contributed by atoms with Gasteiger partial charge in [-0.3, -0.25) is 0 Å². The molecule has 0 saturated carbocycles. The number of hydrogen-bond donors (Lipinski definition) is 0. The van der Waals surface area contributed by atoms with Crippen LogP contribution < -0.4 is 0 Å². The first-order valence-corrected chi connectivity index (χ1v) is 4.25. The second kappa shape index (κ2) is 3.40. The predicted molar refractivity (Wildman–Crippen MR) is 54.3 cm³/mol. The minimum Gasteiger partial charge on any atom is -0.228 e. The number of carbonyl (C=O) groups excluding carboxylic acids is 1. The number of aromatic nitrogens is 1. The zero-order valence-corrected chi connectivity index (χ0v) is 7.69. The third-order valence-electron chi connectivity index (χ3n) is 2.07. The summed E-state index contributed by atoms with van der Waals surface area (Å²) in [6.07, 6.45) is 1.48. The van der Waals surface area contributed by atoms with Gasteiger partial charge in [0.25, 0.3) is 0 Å². The van der Waals surface area contributed by atoms with E-state index in [4.69, 9.17) is 0 Å². The van der Waals surface area contributed by atoms with Crippen LogP contribution in [0.1, 0.15) is 5.56 Å². The molecule has 0 aliphatic carbocycles. The second-order valence-corrected chi connectivity index (χ2v) is 3.02. The van der Waals surface area contributed by atoms with Gasteiger partial charge in [-0.15, -0.1) is 4.99 Å². The maximum absolute atomic E-state index is 10.1. The first kappa shape index (κ1) is 8.60. The molecule has 0 spiro atoms. The Labute approximate surface area is 81.1 Å². The summed E-state index contributed by atoms with van der Waals surface area (Å²) in [5.41, 5.74) is 1.95. The van der Waals surface area contributed by atoms with E-state index in [1.54, 1.807) is 6.07 Å². The van der Waals surface area contributed by atoms with Crippen LogP contribution in [0.2, 0.25) is 0 Å². The molecule has 3 heteroatoms. The van der Waals surface area contributed by atoms with Crippen molar-refractivity contribution in [2.24, 2.45) is 4.99 Å². The van der Waals surface area contributed by atoms with Gasteiger partial charge in [0.1, 0.15) is 0 Å². The van der Waals surface area contributed by atoms with Gasteiger partial charge in [0, 0.05) is 5.39 Å². The Hall–Kier alpha value is -1.99. The molecule has 0 atom stereocenters. The standard InChI is InChI=1S/C11H8N2O/c1-8-3-2-4-9-5-6-10(12-7-14)13-11(8)9/h2-6H,1H3. The molecule has 2 aromatic rings. The number of hydrogen-bond acceptors (Lipinski definition) is 3. The van der Waals surface area contributed by atoms with Crippen molar-refractivity contribution in [2.45, 2.75) is 6.92 Å². The zero-order chi connectivity index (χ0) is 9.97. The molecule has 0 unspecified atom stereocenters. The molecule has 1 aromatic carbocycles. The summed E-state index contributed by atoms with van der Waals surface area (Å²) >= 11 is 0. The molecule has 0 amide bonds. The summed E-state index contributed by atoms with van der Waals surface area (Å²) in [4.78, 5) is 17.8. The van der Waals surface area contributed by atoms with Crippen LogP contribution >= 0.6 is 0 Å². The summed E-state index contributed by atoms with van der Waals surface area (Å²) < 4.78 is 0.